The molecule has 0 aliphatic rings. The molecule has 46 heavy (non-hydrogen) atoms. The molecule has 4 aromatic carbocycles. The molecule has 0 saturated carbocycles. The lowest BCUT2D eigenvalue weighted by atomic mass is 10.1. The van der Waals surface area contributed by atoms with E-state index in [2.05, 4.69) is 113 Å². The highest BCUT2D eigenvalue weighted by Gasteiger charge is 2.28. The highest BCUT2D eigenvalue weighted by Crippen LogP contribution is 2.32. The molecule has 248 valence electrons. The van der Waals surface area contributed by atoms with E-state index in [0.29, 0.717) is 0 Å². The topological polar surface area (TPSA) is 52.6 Å². The molecule has 4 rings (SSSR count). The van der Waals surface area contributed by atoms with Gasteiger partial charge in [-0.2, -0.15) is 8.42 Å². The zero-order valence-corrected chi connectivity index (χ0v) is 29.8. The average Bonchev–Trinajstić information content (AvgIpc) is 3.06. The smallest absolute Gasteiger partial charge is 0.296 e. The van der Waals surface area contributed by atoms with Crippen LogP contribution in [-0.2, 0) is 25.2 Å². The molecule has 0 aliphatic carbocycles. The Labute approximate surface area is 282 Å². The van der Waals surface area contributed by atoms with Gasteiger partial charge in [0.25, 0.3) is 10.1 Å². The van der Waals surface area contributed by atoms with Gasteiger partial charge in [0.05, 0.1) is 22.4 Å². The minimum Gasteiger partial charge on any atom is -0.488 e. The predicted octanol–water partition coefficient (Wildman–Crippen LogP) is 11.3. The van der Waals surface area contributed by atoms with E-state index in [9.17, 15) is 8.42 Å². The lowest BCUT2D eigenvalue weighted by Gasteiger charge is -2.21. The van der Waals surface area contributed by atoms with E-state index in [1.54, 1.807) is 30.3 Å². The number of ether oxygens (including phenoxy) is 1. The summed E-state index contributed by atoms with van der Waals surface area (Å²) in [4.78, 5) is 4.19. The normalized spacial score (nSPS) is 11.6. The van der Waals surface area contributed by atoms with Gasteiger partial charge in [0.15, 0.2) is 14.7 Å². The van der Waals surface area contributed by atoms with Crippen LogP contribution >= 0.6 is 0 Å². The standard InChI is InChI=1S/C22H23OS.C18H30O3S/c1-22(2,3)23-18-14-16-21(17-15-18)24(19-10-6-4-7-11-19)20-12-8-5-9-13-20;1-2-3-4-5-6-7-8-9-10-14-17-21-22(19,20)18-15-12-11-13-16-18/h4-17H,1-3H3;11-13,15-16H,2-10,14,17H2,1H3/q+1;. The molecule has 4 nitrogen and oxygen atoms in total. The molecule has 0 unspecified atom stereocenters. The lowest BCUT2D eigenvalue weighted by molar-refractivity contribution is 0.131. The fourth-order valence-electron chi connectivity index (χ4n) is 4.93. The largest absolute Gasteiger partial charge is 0.488 e. The second-order valence-electron chi connectivity index (χ2n) is 12.4. The third-order valence-corrected chi connectivity index (χ3v) is 10.8. The van der Waals surface area contributed by atoms with Gasteiger partial charge in [-0.1, -0.05) is 119 Å². The lowest BCUT2D eigenvalue weighted by Crippen LogP contribution is -2.22. The molecule has 4 aromatic rings. The van der Waals surface area contributed by atoms with Gasteiger partial charge in [-0.25, -0.2) is 0 Å². The van der Waals surface area contributed by atoms with Gasteiger partial charge in [0.1, 0.15) is 11.4 Å². The number of hydrogen-bond donors (Lipinski definition) is 0. The SMILES string of the molecule is CC(C)(C)Oc1ccc([S+](c2ccccc2)c2ccccc2)cc1.CCCCCCCCCCCCOS(=O)(=O)c1ccccc1. The maximum atomic E-state index is 11.9. The van der Waals surface area contributed by atoms with Gasteiger partial charge in [-0.15, -0.1) is 0 Å². The molecule has 0 bridgehead atoms. The Bertz CT molecular complexity index is 1410. The maximum Gasteiger partial charge on any atom is 0.296 e. The fraction of sp³-hybridized carbons (Fsp3) is 0.400. The van der Waals surface area contributed by atoms with Gasteiger partial charge in [-0.05, 0) is 87.9 Å². The molecule has 0 radical (unpaired) electrons. The summed E-state index contributed by atoms with van der Waals surface area (Å²) < 4.78 is 34.8. The Morgan fingerprint density at radius 3 is 1.41 bits per heavy atom. The minimum absolute atomic E-state index is 0.102. The zero-order chi connectivity index (χ0) is 33.1. The van der Waals surface area contributed by atoms with E-state index in [1.807, 2.05) is 0 Å². The Morgan fingerprint density at radius 2 is 0.957 bits per heavy atom. The van der Waals surface area contributed by atoms with Crippen LogP contribution in [0.5, 0.6) is 5.75 Å². The molecule has 6 heteroatoms. The van der Waals surface area contributed by atoms with Crippen LogP contribution in [0.15, 0.2) is 135 Å². The van der Waals surface area contributed by atoms with Crippen LogP contribution in [0.25, 0.3) is 0 Å². The third-order valence-electron chi connectivity index (χ3n) is 7.21. The summed E-state index contributed by atoms with van der Waals surface area (Å²) in [5, 5.41) is 0. The van der Waals surface area contributed by atoms with Crippen molar-refractivity contribution in [2.24, 2.45) is 0 Å². The van der Waals surface area contributed by atoms with Gasteiger partial charge < -0.3 is 4.74 Å². The summed E-state index contributed by atoms with van der Waals surface area (Å²) in [6.07, 6.45) is 12.3. The van der Waals surface area contributed by atoms with Crippen LogP contribution < -0.4 is 4.74 Å². The monoisotopic (exact) mass is 661 g/mol. The van der Waals surface area contributed by atoms with E-state index in [4.69, 9.17) is 8.92 Å². The first-order valence-corrected chi connectivity index (χ1v) is 19.4. The van der Waals surface area contributed by atoms with Crippen molar-refractivity contribution in [2.45, 2.75) is 117 Å². The highest BCUT2D eigenvalue weighted by molar-refractivity contribution is 7.97. The van der Waals surface area contributed by atoms with Crippen molar-refractivity contribution in [1.29, 1.82) is 0 Å². The van der Waals surface area contributed by atoms with Crippen molar-refractivity contribution < 1.29 is 17.3 Å². The molecule has 0 amide bonds. The number of rotatable bonds is 17. The Kier molecular flexibility index (Phi) is 16.5. The summed E-state index contributed by atoms with van der Waals surface area (Å²) in [5.41, 5.74) is -0.179. The molecule has 0 N–H and O–H groups in total. The molecule has 0 aliphatic heterocycles. The molecule has 0 saturated heterocycles. The minimum atomic E-state index is -3.57. The van der Waals surface area contributed by atoms with Gasteiger partial charge in [-0.3, -0.25) is 4.18 Å². The highest BCUT2D eigenvalue weighted by atomic mass is 32.2. The quantitative estimate of drug-likeness (QED) is 0.0642. The summed E-state index contributed by atoms with van der Waals surface area (Å²) in [5.74, 6) is 0.913. The molecule has 0 spiro atoms. The summed E-state index contributed by atoms with van der Waals surface area (Å²) in [6.45, 7) is 8.73. The van der Waals surface area contributed by atoms with E-state index in [0.717, 1.165) is 18.6 Å². The molecule has 0 heterocycles. The van der Waals surface area contributed by atoms with Gasteiger partial charge in [0, 0.05) is 0 Å². The molecular weight excluding hydrogens is 609 g/mol. The zero-order valence-electron chi connectivity index (χ0n) is 28.2. The van der Waals surface area contributed by atoms with Crippen LogP contribution in [0.2, 0.25) is 0 Å². The molecule has 0 aromatic heterocycles. The number of benzene rings is 4. The summed E-state index contributed by atoms with van der Waals surface area (Å²) in [6, 6.07) is 38.2. The van der Waals surface area contributed by atoms with Crippen LogP contribution in [-0.4, -0.2) is 20.6 Å². The molecule has 0 atom stereocenters. The van der Waals surface area contributed by atoms with Crippen LogP contribution in [0.3, 0.4) is 0 Å². The van der Waals surface area contributed by atoms with Crippen LogP contribution in [0.1, 0.15) is 91.9 Å². The van der Waals surface area contributed by atoms with Gasteiger partial charge in [0.2, 0.25) is 0 Å². The van der Waals surface area contributed by atoms with Crippen molar-refractivity contribution in [3.8, 4) is 5.75 Å². The second-order valence-corrected chi connectivity index (χ2v) is 16.0. The summed E-state index contributed by atoms with van der Waals surface area (Å²) in [7, 11) is -3.67. The predicted molar refractivity (Wildman–Crippen MR) is 193 cm³/mol. The first-order valence-electron chi connectivity index (χ1n) is 16.8. The van der Waals surface area contributed by atoms with Crippen molar-refractivity contribution in [3.63, 3.8) is 0 Å². The average molecular weight is 662 g/mol. The Morgan fingerprint density at radius 1 is 0.543 bits per heavy atom. The Hall–Kier alpha value is -3.06. The van der Waals surface area contributed by atoms with E-state index in [-0.39, 0.29) is 28.0 Å². The third kappa shape index (κ3) is 14.1. The molecular formula is C40H53O4S2+. The van der Waals surface area contributed by atoms with Gasteiger partial charge >= 0.3 is 0 Å². The number of hydrogen-bond acceptors (Lipinski definition) is 4. The van der Waals surface area contributed by atoms with Crippen molar-refractivity contribution in [1.82, 2.24) is 0 Å². The van der Waals surface area contributed by atoms with Crippen LogP contribution in [0.4, 0.5) is 0 Å². The maximum absolute atomic E-state index is 11.9. The van der Waals surface area contributed by atoms with Crippen LogP contribution in [0, 0.1) is 0 Å². The van der Waals surface area contributed by atoms with E-state index < -0.39 is 10.1 Å². The first kappa shape index (κ1) is 37.4. The molecule has 0 fully saturated rings. The van der Waals surface area contributed by atoms with E-state index >= 15 is 0 Å². The van der Waals surface area contributed by atoms with Crippen molar-refractivity contribution >= 4 is 21.0 Å². The van der Waals surface area contributed by atoms with Crippen molar-refractivity contribution in [3.05, 3.63) is 115 Å². The Balaban J connectivity index is 0.000000252. The van der Waals surface area contributed by atoms with Crippen molar-refractivity contribution in [2.75, 3.05) is 6.61 Å². The number of unbranched alkanes of at least 4 members (excludes halogenated alkanes) is 9. The van der Waals surface area contributed by atoms with E-state index in [1.165, 1.54) is 66.1 Å². The first-order chi connectivity index (χ1) is 22.2. The summed E-state index contributed by atoms with van der Waals surface area (Å²) >= 11 is 0. The second kappa shape index (κ2) is 20.2. The fourth-order valence-corrected chi connectivity index (χ4v) is 7.98.